The van der Waals surface area contributed by atoms with Gasteiger partial charge in [-0.15, -0.1) is 13.2 Å². The summed E-state index contributed by atoms with van der Waals surface area (Å²) in [6, 6.07) is 4.39. The van der Waals surface area contributed by atoms with E-state index in [2.05, 4.69) is 9.72 Å². The minimum absolute atomic E-state index is 0.0470. The third kappa shape index (κ3) is 3.25. The summed E-state index contributed by atoms with van der Waals surface area (Å²) in [6.07, 6.45) is -3.72. The Morgan fingerprint density at radius 3 is 2.36 bits per heavy atom. The lowest BCUT2D eigenvalue weighted by Crippen LogP contribution is -2.27. The highest BCUT2D eigenvalue weighted by Crippen LogP contribution is 2.23. The summed E-state index contributed by atoms with van der Waals surface area (Å²) >= 11 is 0. The number of aromatic carboxylic acids is 1. The Balaban J connectivity index is 2.43. The fraction of sp³-hybridized carbons (Fsp3) is 0.154. The molecule has 1 aromatic carbocycles. The maximum atomic E-state index is 12.1. The first-order valence-corrected chi connectivity index (χ1v) is 5.87. The lowest BCUT2D eigenvalue weighted by Gasteiger charge is -2.11. The molecule has 0 aliphatic heterocycles. The van der Waals surface area contributed by atoms with Crippen molar-refractivity contribution in [2.75, 3.05) is 0 Å². The number of benzene rings is 1. The fourth-order valence-electron chi connectivity index (χ4n) is 1.78. The van der Waals surface area contributed by atoms with Gasteiger partial charge in [-0.2, -0.15) is 0 Å². The minimum atomic E-state index is -4.82. The number of aromatic nitrogens is 2. The molecular weight excluding hydrogens is 305 g/mol. The second-order valence-corrected chi connectivity index (χ2v) is 4.23. The highest BCUT2D eigenvalue weighted by Gasteiger charge is 2.31. The van der Waals surface area contributed by atoms with Crippen LogP contribution in [0.5, 0.6) is 5.75 Å². The normalized spacial score (nSPS) is 11.3. The van der Waals surface area contributed by atoms with Crippen LogP contribution in [0.4, 0.5) is 13.2 Å². The monoisotopic (exact) mass is 314 g/mol. The SMILES string of the molecule is Cc1ncn(-c2ccc(OC(F)(F)F)cc2)c(=O)c1C(=O)O. The summed E-state index contributed by atoms with van der Waals surface area (Å²) < 4.78 is 40.8. The first-order chi connectivity index (χ1) is 10.2. The highest BCUT2D eigenvalue weighted by molar-refractivity contribution is 5.88. The molecule has 9 heteroatoms. The van der Waals surface area contributed by atoms with E-state index >= 15 is 0 Å². The minimum Gasteiger partial charge on any atom is -0.477 e. The molecule has 1 aromatic heterocycles. The van der Waals surface area contributed by atoms with Gasteiger partial charge < -0.3 is 9.84 Å². The van der Waals surface area contributed by atoms with Crippen molar-refractivity contribution >= 4 is 5.97 Å². The molecule has 1 heterocycles. The molecule has 2 rings (SSSR count). The summed E-state index contributed by atoms with van der Waals surface area (Å²) in [4.78, 5) is 26.9. The zero-order chi connectivity index (χ0) is 16.5. The molecular formula is C13H9F3N2O4. The summed E-state index contributed by atoms with van der Waals surface area (Å²) in [7, 11) is 0. The van der Waals surface area contributed by atoms with Crippen LogP contribution in [0, 0.1) is 6.92 Å². The number of alkyl halides is 3. The Morgan fingerprint density at radius 2 is 1.86 bits per heavy atom. The maximum absolute atomic E-state index is 12.1. The van der Waals surface area contributed by atoms with Gasteiger partial charge in [0, 0.05) is 0 Å². The van der Waals surface area contributed by atoms with Crippen molar-refractivity contribution in [1.82, 2.24) is 9.55 Å². The quantitative estimate of drug-likeness (QED) is 0.938. The van der Waals surface area contributed by atoms with Crippen molar-refractivity contribution in [2.45, 2.75) is 13.3 Å². The summed E-state index contributed by atoms with van der Waals surface area (Å²) in [5.41, 5.74) is -1.12. The van der Waals surface area contributed by atoms with Crippen molar-refractivity contribution in [2.24, 2.45) is 0 Å². The third-order valence-electron chi connectivity index (χ3n) is 2.72. The molecule has 2 aromatic rings. The standard InChI is InChI=1S/C13H9F3N2O4/c1-7-10(12(20)21)11(19)18(6-17-7)8-2-4-9(5-3-8)22-13(14,15)16/h2-6H,1H3,(H,20,21). The molecule has 0 spiro atoms. The van der Waals surface area contributed by atoms with Gasteiger partial charge >= 0.3 is 12.3 Å². The van der Waals surface area contributed by atoms with Crippen LogP contribution >= 0.6 is 0 Å². The van der Waals surface area contributed by atoms with Crippen molar-refractivity contribution in [1.29, 1.82) is 0 Å². The second kappa shape index (κ2) is 5.51. The van der Waals surface area contributed by atoms with Gasteiger partial charge in [0.15, 0.2) is 0 Å². The third-order valence-corrected chi connectivity index (χ3v) is 2.72. The highest BCUT2D eigenvalue weighted by atomic mass is 19.4. The van der Waals surface area contributed by atoms with Crippen LogP contribution in [0.25, 0.3) is 5.69 Å². The molecule has 0 radical (unpaired) electrons. The molecule has 0 bridgehead atoms. The number of halogens is 3. The molecule has 1 N–H and O–H groups in total. The Hall–Kier alpha value is -2.84. The zero-order valence-corrected chi connectivity index (χ0v) is 11.1. The van der Waals surface area contributed by atoms with Crippen LogP contribution in [0.1, 0.15) is 16.1 Å². The van der Waals surface area contributed by atoms with E-state index in [1.165, 1.54) is 19.1 Å². The number of carboxylic acids is 1. The van der Waals surface area contributed by atoms with Crippen LogP contribution in [0.3, 0.4) is 0 Å². The molecule has 22 heavy (non-hydrogen) atoms. The van der Waals surface area contributed by atoms with Gasteiger partial charge in [0.05, 0.1) is 11.4 Å². The van der Waals surface area contributed by atoms with E-state index in [4.69, 9.17) is 5.11 Å². The lowest BCUT2D eigenvalue weighted by molar-refractivity contribution is -0.274. The average molecular weight is 314 g/mol. The van der Waals surface area contributed by atoms with E-state index in [0.717, 1.165) is 23.0 Å². The fourth-order valence-corrected chi connectivity index (χ4v) is 1.78. The first kappa shape index (κ1) is 15.5. The van der Waals surface area contributed by atoms with E-state index in [9.17, 15) is 22.8 Å². The number of hydrogen-bond donors (Lipinski definition) is 1. The van der Waals surface area contributed by atoms with Crippen molar-refractivity contribution in [3.63, 3.8) is 0 Å². The van der Waals surface area contributed by atoms with Gasteiger partial charge in [-0.1, -0.05) is 0 Å². The van der Waals surface area contributed by atoms with Crippen molar-refractivity contribution in [3.8, 4) is 11.4 Å². The summed E-state index contributed by atoms with van der Waals surface area (Å²) in [5, 5.41) is 8.99. The molecule has 0 aliphatic rings. The molecule has 0 unspecified atom stereocenters. The number of hydrogen-bond acceptors (Lipinski definition) is 4. The first-order valence-electron chi connectivity index (χ1n) is 5.87. The molecule has 0 fully saturated rings. The molecule has 0 aliphatic carbocycles. The lowest BCUT2D eigenvalue weighted by atomic mass is 10.2. The molecule has 0 saturated carbocycles. The van der Waals surface area contributed by atoms with E-state index in [1.54, 1.807) is 0 Å². The Kier molecular flexibility index (Phi) is 3.89. The van der Waals surface area contributed by atoms with E-state index in [-0.39, 0.29) is 11.4 Å². The number of carbonyl (C=O) groups is 1. The second-order valence-electron chi connectivity index (χ2n) is 4.23. The molecule has 6 nitrogen and oxygen atoms in total. The van der Waals surface area contributed by atoms with E-state index < -0.39 is 29.2 Å². The number of nitrogens with zero attached hydrogens (tertiary/aromatic N) is 2. The average Bonchev–Trinajstić information content (AvgIpc) is 2.38. The topological polar surface area (TPSA) is 81.4 Å². The van der Waals surface area contributed by atoms with Gasteiger partial charge in [0.1, 0.15) is 17.6 Å². The van der Waals surface area contributed by atoms with Crippen LogP contribution < -0.4 is 10.3 Å². The Bertz CT molecular complexity index is 766. The predicted octanol–water partition coefficient (Wildman–Crippen LogP) is 2.14. The van der Waals surface area contributed by atoms with Gasteiger partial charge in [0.25, 0.3) is 5.56 Å². The number of ether oxygens (including phenoxy) is 1. The van der Waals surface area contributed by atoms with Crippen molar-refractivity contribution < 1.29 is 27.8 Å². The smallest absolute Gasteiger partial charge is 0.477 e. The number of carboxylic acid groups (broad SMARTS) is 1. The maximum Gasteiger partial charge on any atom is 0.573 e. The summed E-state index contributed by atoms with van der Waals surface area (Å²) in [6.45, 7) is 1.37. The van der Waals surface area contributed by atoms with Crippen LogP contribution in [-0.2, 0) is 0 Å². The Morgan fingerprint density at radius 1 is 1.27 bits per heavy atom. The molecule has 0 amide bonds. The molecule has 0 atom stereocenters. The van der Waals surface area contributed by atoms with Gasteiger partial charge in [-0.25, -0.2) is 9.78 Å². The van der Waals surface area contributed by atoms with Crippen LogP contribution in [-0.4, -0.2) is 27.0 Å². The van der Waals surface area contributed by atoms with Crippen molar-refractivity contribution in [3.05, 3.63) is 52.2 Å². The van der Waals surface area contributed by atoms with Gasteiger partial charge in [0.2, 0.25) is 0 Å². The molecule has 0 saturated heterocycles. The Labute approximate surface area is 121 Å². The van der Waals surface area contributed by atoms with Gasteiger partial charge in [-0.3, -0.25) is 9.36 Å². The van der Waals surface area contributed by atoms with Gasteiger partial charge in [-0.05, 0) is 31.2 Å². The van der Waals surface area contributed by atoms with E-state index in [0.29, 0.717) is 0 Å². The zero-order valence-electron chi connectivity index (χ0n) is 11.1. The van der Waals surface area contributed by atoms with E-state index in [1.807, 2.05) is 0 Å². The van der Waals surface area contributed by atoms with Crippen LogP contribution in [0.2, 0.25) is 0 Å². The number of rotatable bonds is 3. The number of aryl methyl sites for hydroxylation is 1. The largest absolute Gasteiger partial charge is 0.573 e. The predicted molar refractivity (Wildman–Crippen MR) is 68.2 cm³/mol. The van der Waals surface area contributed by atoms with Crippen LogP contribution in [0.15, 0.2) is 35.4 Å². The summed E-state index contributed by atoms with van der Waals surface area (Å²) in [5.74, 6) is -1.88. The molecule has 116 valence electrons.